The van der Waals surface area contributed by atoms with Crippen molar-refractivity contribution in [2.75, 3.05) is 7.05 Å². The minimum absolute atomic E-state index is 0. The molecule has 0 spiro atoms. The van der Waals surface area contributed by atoms with E-state index in [-0.39, 0.29) is 31.5 Å². The predicted molar refractivity (Wildman–Crippen MR) is 141 cm³/mol. The van der Waals surface area contributed by atoms with E-state index in [1.54, 1.807) is 0 Å². The molecular formula is C27H38N8O. The van der Waals surface area contributed by atoms with Gasteiger partial charge < -0.3 is 10.2 Å². The highest BCUT2D eigenvalue weighted by Crippen LogP contribution is 2.29. The van der Waals surface area contributed by atoms with Crippen molar-refractivity contribution in [1.82, 2.24) is 30.3 Å². The number of nitriles is 1. The molecule has 0 saturated carbocycles. The molecule has 2 aliphatic heterocycles. The van der Waals surface area contributed by atoms with Crippen LogP contribution in [0.2, 0.25) is 0 Å². The van der Waals surface area contributed by atoms with E-state index in [1.165, 1.54) is 0 Å². The van der Waals surface area contributed by atoms with Gasteiger partial charge in [-0.3, -0.25) is 24.8 Å². The summed E-state index contributed by atoms with van der Waals surface area (Å²) in [4.78, 5) is 23.9. The summed E-state index contributed by atoms with van der Waals surface area (Å²) in [7, 11) is 2.00. The summed E-state index contributed by atoms with van der Waals surface area (Å²) >= 11 is 0. The van der Waals surface area contributed by atoms with Gasteiger partial charge in [0.2, 0.25) is 5.91 Å². The second-order valence-corrected chi connectivity index (χ2v) is 10.3. The van der Waals surface area contributed by atoms with E-state index in [4.69, 9.17) is 4.99 Å². The van der Waals surface area contributed by atoms with Gasteiger partial charge in [0, 0.05) is 43.7 Å². The van der Waals surface area contributed by atoms with Gasteiger partial charge in [-0.1, -0.05) is 27.3 Å². The average Bonchev–Trinajstić information content (AvgIpc) is 3.26. The lowest BCUT2D eigenvalue weighted by Gasteiger charge is -2.41. The van der Waals surface area contributed by atoms with E-state index < -0.39 is 5.41 Å². The van der Waals surface area contributed by atoms with Crippen LogP contribution in [0.25, 0.3) is 0 Å². The van der Waals surface area contributed by atoms with E-state index in [1.807, 2.05) is 63.2 Å². The van der Waals surface area contributed by atoms with Crippen LogP contribution in [0.15, 0.2) is 47.1 Å². The first kappa shape index (κ1) is 27.1. The third-order valence-corrected chi connectivity index (χ3v) is 6.70. The van der Waals surface area contributed by atoms with Crippen molar-refractivity contribution in [3.63, 3.8) is 0 Å². The number of amides is 1. The van der Waals surface area contributed by atoms with Crippen LogP contribution in [0.1, 0.15) is 65.3 Å². The van der Waals surface area contributed by atoms with E-state index in [2.05, 4.69) is 45.5 Å². The Bertz CT molecular complexity index is 1200. The Morgan fingerprint density at radius 2 is 2.03 bits per heavy atom. The normalized spacial score (nSPS) is 19.9. The molecule has 36 heavy (non-hydrogen) atoms. The molecule has 9 nitrogen and oxygen atoms in total. The van der Waals surface area contributed by atoms with Crippen molar-refractivity contribution in [3.05, 3.63) is 58.9 Å². The summed E-state index contributed by atoms with van der Waals surface area (Å²) in [5, 5.41) is 20.4. The molecule has 2 aromatic heterocycles. The van der Waals surface area contributed by atoms with Crippen molar-refractivity contribution in [3.8, 4) is 6.07 Å². The molecule has 1 amide bonds. The molecule has 9 heteroatoms. The number of rotatable bonds is 7. The number of aliphatic imine (C=N–C) groups is 1. The smallest absolute Gasteiger partial charge is 0.247 e. The number of carbonyl (C=O) groups is 1. The van der Waals surface area contributed by atoms with Gasteiger partial charge in [0.05, 0.1) is 41.3 Å². The number of dihydropyridines is 1. The number of pyridine rings is 1. The molecule has 2 aliphatic rings. The predicted octanol–water partition coefficient (Wildman–Crippen LogP) is 3.34. The average molecular weight is 491 g/mol. The van der Waals surface area contributed by atoms with Gasteiger partial charge in [-0.05, 0) is 38.3 Å². The lowest BCUT2D eigenvalue weighted by atomic mass is 9.91. The first-order chi connectivity index (χ1) is 16.6. The number of nitrogens with one attached hydrogen (secondary N) is 2. The molecule has 4 heterocycles. The highest BCUT2D eigenvalue weighted by atomic mass is 16.2. The molecule has 0 aromatic carbocycles. The minimum atomic E-state index is -0.604. The Hall–Kier alpha value is -3.51. The maximum absolute atomic E-state index is 12.6. The van der Waals surface area contributed by atoms with Gasteiger partial charge >= 0.3 is 0 Å². The monoisotopic (exact) mass is 490 g/mol. The summed E-state index contributed by atoms with van der Waals surface area (Å²) < 4.78 is 1.89. The van der Waals surface area contributed by atoms with Gasteiger partial charge in [-0.25, -0.2) is 0 Å². The topological polar surface area (TPSA) is 111 Å². The fourth-order valence-corrected chi connectivity index (χ4v) is 4.68. The highest BCUT2D eigenvalue weighted by molar-refractivity contribution is 6.04. The molecule has 1 unspecified atom stereocenters. The van der Waals surface area contributed by atoms with Gasteiger partial charge in [-0.2, -0.15) is 10.4 Å². The second kappa shape index (κ2) is 10.6. The Morgan fingerprint density at radius 1 is 1.28 bits per heavy atom. The molecule has 0 radical (unpaired) electrons. The van der Waals surface area contributed by atoms with Crippen LogP contribution < -0.4 is 10.6 Å². The zero-order valence-corrected chi connectivity index (χ0v) is 21.3. The summed E-state index contributed by atoms with van der Waals surface area (Å²) in [6.45, 7) is 11.1. The maximum Gasteiger partial charge on any atom is 0.247 e. The summed E-state index contributed by atoms with van der Waals surface area (Å²) in [6, 6.07) is 6.01. The van der Waals surface area contributed by atoms with Crippen molar-refractivity contribution < 1.29 is 4.79 Å². The molecule has 0 fully saturated rings. The van der Waals surface area contributed by atoms with Crippen LogP contribution in [-0.2, 0) is 23.3 Å². The van der Waals surface area contributed by atoms with Crippen molar-refractivity contribution in [2.24, 2.45) is 10.9 Å². The van der Waals surface area contributed by atoms with Crippen LogP contribution >= 0.6 is 0 Å². The number of likely N-dealkylation sites (N-methyl/N-ethyl adjacent to an activating group) is 1. The lowest BCUT2D eigenvalue weighted by molar-refractivity contribution is -0.127. The molecule has 4 rings (SSSR count). The van der Waals surface area contributed by atoms with E-state index in [0.29, 0.717) is 13.1 Å². The lowest BCUT2D eigenvalue weighted by Crippen LogP contribution is -2.55. The highest BCUT2D eigenvalue weighted by Gasteiger charge is 2.37. The third kappa shape index (κ3) is 5.49. The van der Waals surface area contributed by atoms with Gasteiger partial charge in [-0.15, -0.1) is 0 Å². The van der Waals surface area contributed by atoms with Crippen molar-refractivity contribution in [1.29, 1.82) is 5.26 Å². The molecule has 0 aliphatic carbocycles. The van der Waals surface area contributed by atoms with Crippen LogP contribution in [0.4, 0.5) is 0 Å². The Balaban J connectivity index is 0.00000361. The third-order valence-electron chi connectivity index (χ3n) is 6.70. The van der Waals surface area contributed by atoms with E-state index in [0.717, 1.165) is 40.3 Å². The summed E-state index contributed by atoms with van der Waals surface area (Å²) in [5.41, 5.74) is 5.07. The number of hydrogen-bond acceptors (Lipinski definition) is 7. The van der Waals surface area contributed by atoms with Crippen molar-refractivity contribution in [2.45, 2.75) is 79.2 Å². The Kier molecular flexibility index (Phi) is 7.99. The molecule has 2 N–H and O–H groups in total. The van der Waals surface area contributed by atoms with Gasteiger partial charge in [0.1, 0.15) is 12.2 Å². The number of allylic oxidation sites excluding steroid dienone is 1. The van der Waals surface area contributed by atoms with E-state index >= 15 is 0 Å². The largest absolute Gasteiger partial charge is 0.364 e. The molecule has 0 saturated heterocycles. The quantitative estimate of drug-likeness (QED) is 0.616. The number of hydrogen-bond donors (Lipinski definition) is 2. The van der Waals surface area contributed by atoms with E-state index in [9.17, 15) is 10.1 Å². The molecule has 2 atom stereocenters. The summed E-state index contributed by atoms with van der Waals surface area (Å²) in [5.74, 6) is 0.253. The van der Waals surface area contributed by atoms with Crippen molar-refractivity contribution >= 4 is 11.6 Å². The Labute approximate surface area is 214 Å². The van der Waals surface area contributed by atoms with Crippen LogP contribution in [-0.4, -0.2) is 50.5 Å². The maximum atomic E-state index is 12.6. The minimum Gasteiger partial charge on any atom is -0.364 e. The molecule has 192 valence electrons. The number of carbonyl (C=O) groups excluding carboxylic acids is 1. The number of aromatic nitrogens is 3. The number of nitrogens with zero attached hydrogens (tertiary/aromatic N) is 6. The second-order valence-electron chi connectivity index (χ2n) is 10.3. The van der Waals surface area contributed by atoms with Gasteiger partial charge in [0.15, 0.2) is 0 Å². The Morgan fingerprint density at radius 3 is 2.67 bits per heavy atom. The van der Waals surface area contributed by atoms with Crippen LogP contribution in [0.5, 0.6) is 0 Å². The van der Waals surface area contributed by atoms with Crippen LogP contribution in [0, 0.1) is 17.2 Å². The zero-order valence-electron chi connectivity index (χ0n) is 21.3. The first-order valence-electron chi connectivity index (χ1n) is 12.0. The molecular weight excluding hydrogens is 452 g/mol. The molecule has 0 bridgehead atoms. The summed E-state index contributed by atoms with van der Waals surface area (Å²) in [6.07, 6.45) is 6.34. The fourth-order valence-electron chi connectivity index (χ4n) is 4.68. The SMILES string of the molecule is C.CC1=NC(NCc2cnn(Cc3ccc(C(C)(C)C#N)nc3)c2)CC2=C1NC(=O)[C@H](C(C)C)N2C. The zero-order chi connectivity index (χ0) is 25.3. The van der Waals surface area contributed by atoms with Crippen LogP contribution in [0.3, 0.4) is 0 Å². The first-order valence-corrected chi connectivity index (χ1v) is 12.0. The fraction of sp³-hybridized carbons (Fsp3) is 0.519. The standard InChI is InChI=1S/C26H34N8O.CH4/c1-16(2)24-25(35)32-23-17(3)31-22(9-20(23)33(24)6)29-11-19-12-30-34(14-19)13-18-7-8-21(28-10-18)26(4,5)15-27;/h7-8,10,12,14,16,22,24,29H,9,11,13H2,1-6H3,(H,32,35);1H4/t22?,24-;/m0./s1. The van der Waals surface area contributed by atoms with Gasteiger partial charge in [0.25, 0.3) is 0 Å². The molecule has 2 aromatic rings.